The lowest BCUT2D eigenvalue weighted by Crippen LogP contribution is -2.43. The lowest BCUT2D eigenvalue weighted by atomic mass is 10.1. The number of benzene rings is 2. The van der Waals surface area contributed by atoms with Crippen molar-refractivity contribution < 1.29 is 9.53 Å². The van der Waals surface area contributed by atoms with Crippen molar-refractivity contribution in [2.75, 3.05) is 19.7 Å². The fourth-order valence-corrected chi connectivity index (χ4v) is 3.82. The number of morpholine rings is 1. The first-order chi connectivity index (χ1) is 12.2. The Morgan fingerprint density at radius 3 is 2.60 bits per heavy atom. The molecule has 2 aliphatic heterocycles. The Kier molecular flexibility index (Phi) is 4.55. The summed E-state index contributed by atoms with van der Waals surface area (Å²) in [6, 6.07) is 18.7. The van der Waals surface area contributed by atoms with Crippen molar-refractivity contribution in [2.24, 2.45) is 0 Å². The largest absolute Gasteiger partial charge is 0.371 e. The molecule has 4 heteroatoms. The van der Waals surface area contributed by atoms with E-state index in [0.717, 1.165) is 31.7 Å². The topological polar surface area (TPSA) is 41.6 Å². The van der Waals surface area contributed by atoms with Crippen molar-refractivity contribution in [1.82, 2.24) is 10.2 Å². The zero-order valence-corrected chi connectivity index (χ0v) is 14.5. The Morgan fingerprint density at radius 1 is 1.08 bits per heavy atom. The number of nitrogens with one attached hydrogen (secondary N) is 1. The summed E-state index contributed by atoms with van der Waals surface area (Å²) in [6.45, 7) is 4.55. The quantitative estimate of drug-likeness (QED) is 0.937. The second kappa shape index (κ2) is 6.98. The van der Waals surface area contributed by atoms with Crippen LogP contribution in [0.5, 0.6) is 0 Å². The van der Waals surface area contributed by atoms with E-state index >= 15 is 0 Å². The van der Waals surface area contributed by atoms with Gasteiger partial charge in [-0.15, -0.1) is 0 Å². The maximum Gasteiger partial charge on any atom is 0.251 e. The summed E-state index contributed by atoms with van der Waals surface area (Å²) in [7, 11) is 0. The standard InChI is InChI=1S/C21H24N2O2/c1-15-7-9-17(10-8-15)21(24)22-18-11-19-14-25-20(13-23(19)12-18)16-5-3-2-4-6-16/h2-10,18-20H,11-14H2,1H3,(H,22,24)/t18-,19-,20+/m0/s1. The summed E-state index contributed by atoms with van der Waals surface area (Å²) in [6.07, 6.45) is 1.09. The third-order valence-corrected chi connectivity index (χ3v) is 5.24. The van der Waals surface area contributed by atoms with Gasteiger partial charge in [-0.2, -0.15) is 0 Å². The van der Waals surface area contributed by atoms with Crippen LogP contribution in [0.1, 0.15) is 34.0 Å². The Hall–Kier alpha value is -2.17. The number of ether oxygens (including phenoxy) is 1. The second-order valence-electron chi connectivity index (χ2n) is 7.11. The van der Waals surface area contributed by atoms with Crippen LogP contribution in [-0.2, 0) is 4.74 Å². The van der Waals surface area contributed by atoms with E-state index in [1.807, 2.05) is 37.3 Å². The highest BCUT2D eigenvalue weighted by Crippen LogP contribution is 2.30. The van der Waals surface area contributed by atoms with Crippen LogP contribution in [0, 0.1) is 6.92 Å². The summed E-state index contributed by atoms with van der Waals surface area (Å²) in [4.78, 5) is 14.9. The zero-order valence-electron chi connectivity index (χ0n) is 14.5. The minimum Gasteiger partial charge on any atom is -0.371 e. The molecule has 1 amide bonds. The summed E-state index contributed by atoms with van der Waals surface area (Å²) in [5.41, 5.74) is 3.13. The maximum atomic E-state index is 12.4. The highest BCUT2D eigenvalue weighted by Gasteiger charge is 2.38. The van der Waals surface area contributed by atoms with Crippen LogP contribution < -0.4 is 5.32 Å². The van der Waals surface area contributed by atoms with Gasteiger partial charge < -0.3 is 10.1 Å². The third-order valence-electron chi connectivity index (χ3n) is 5.24. The number of hydrogen-bond donors (Lipinski definition) is 1. The number of aryl methyl sites for hydroxylation is 1. The molecule has 130 valence electrons. The van der Waals surface area contributed by atoms with Gasteiger partial charge in [-0.1, -0.05) is 48.0 Å². The number of fused-ring (bicyclic) bond motifs is 1. The van der Waals surface area contributed by atoms with Gasteiger partial charge in [0.1, 0.15) is 0 Å². The van der Waals surface area contributed by atoms with Gasteiger partial charge in [-0.3, -0.25) is 9.69 Å². The predicted octanol–water partition coefficient (Wildman–Crippen LogP) is 2.94. The summed E-state index contributed by atoms with van der Waals surface area (Å²) < 4.78 is 6.07. The fourth-order valence-electron chi connectivity index (χ4n) is 3.82. The van der Waals surface area contributed by atoms with Gasteiger partial charge in [-0.05, 0) is 31.0 Å². The molecule has 2 saturated heterocycles. The molecular formula is C21H24N2O2. The number of rotatable bonds is 3. The van der Waals surface area contributed by atoms with Crippen LogP contribution in [0.15, 0.2) is 54.6 Å². The van der Waals surface area contributed by atoms with E-state index in [-0.39, 0.29) is 18.1 Å². The highest BCUT2D eigenvalue weighted by molar-refractivity contribution is 5.94. The maximum absolute atomic E-state index is 12.4. The van der Waals surface area contributed by atoms with Crippen molar-refractivity contribution in [1.29, 1.82) is 0 Å². The van der Waals surface area contributed by atoms with Gasteiger partial charge in [0.25, 0.3) is 5.91 Å². The van der Waals surface area contributed by atoms with Crippen molar-refractivity contribution >= 4 is 5.91 Å². The molecule has 0 unspecified atom stereocenters. The number of amides is 1. The van der Waals surface area contributed by atoms with E-state index < -0.39 is 0 Å². The van der Waals surface area contributed by atoms with E-state index in [4.69, 9.17) is 4.74 Å². The molecule has 25 heavy (non-hydrogen) atoms. The Morgan fingerprint density at radius 2 is 1.84 bits per heavy atom. The molecule has 0 aromatic heterocycles. The van der Waals surface area contributed by atoms with Crippen LogP contribution >= 0.6 is 0 Å². The van der Waals surface area contributed by atoms with E-state index in [9.17, 15) is 4.79 Å². The highest BCUT2D eigenvalue weighted by atomic mass is 16.5. The molecule has 2 aliphatic rings. The summed E-state index contributed by atoms with van der Waals surface area (Å²) in [5.74, 6) is 0.0189. The van der Waals surface area contributed by atoms with Gasteiger partial charge in [0.15, 0.2) is 0 Å². The molecule has 1 N–H and O–H groups in total. The lowest BCUT2D eigenvalue weighted by Gasteiger charge is -2.35. The average molecular weight is 336 g/mol. The lowest BCUT2D eigenvalue weighted by molar-refractivity contribution is -0.0502. The SMILES string of the molecule is Cc1ccc(C(=O)N[C@H]2C[C@H]3CO[C@@H](c4ccccc4)CN3C2)cc1. The summed E-state index contributed by atoms with van der Waals surface area (Å²) in [5, 5.41) is 3.19. The van der Waals surface area contributed by atoms with Gasteiger partial charge in [0.05, 0.1) is 12.7 Å². The predicted molar refractivity (Wildman–Crippen MR) is 97.5 cm³/mol. The molecule has 4 rings (SSSR count). The van der Waals surface area contributed by atoms with E-state index in [2.05, 4.69) is 34.5 Å². The molecule has 0 aliphatic carbocycles. The monoisotopic (exact) mass is 336 g/mol. The molecule has 2 aromatic rings. The first kappa shape index (κ1) is 16.3. The smallest absolute Gasteiger partial charge is 0.251 e. The van der Waals surface area contributed by atoms with Crippen LogP contribution in [-0.4, -0.2) is 42.6 Å². The van der Waals surface area contributed by atoms with E-state index in [1.165, 1.54) is 11.1 Å². The first-order valence-electron chi connectivity index (χ1n) is 8.97. The molecule has 2 heterocycles. The Balaban J connectivity index is 1.36. The van der Waals surface area contributed by atoms with Crippen molar-refractivity contribution in [3.8, 4) is 0 Å². The van der Waals surface area contributed by atoms with Gasteiger partial charge in [0, 0.05) is 30.7 Å². The third kappa shape index (κ3) is 3.60. The number of nitrogens with zero attached hydrogens (tertiary/aromatic N) is 1. The molecule has 3 atom stereocenters. The first-order valence-corrected chi connectivity index (χ1v) is 8.97. The van der Waals surface area contributed by atoms with Gasteiger partial charge in [0.2, 0.25) is 0 Å². The van der Waals surface area contributed by atoms with E-state index in [1.54, 1.807) is 0 Å². The number of hydrogen-bond acceptors (Lipinski definition) is 3. The van der Waals surface area contributed by atoms with Crippen molar-refractivity contribution in [2.45, 2.75) is 31.5 Å². The van der Waals surface area contributed by atoms with Crippen LogP contribution in [0.3, 0.4) is 0 Å². The molecule has 2 fully saturated rings. The molecule has 4 nitrogen and oxygen atoms in total. The van der Waals surface area contributed by atoms with Crippen LogP contribution in [0.2, 0.25) is 0 Å². The van der Waals surface area contributed by atoms with Gasteiger partial charge in [-0.25, -0.2) is 0 Å². The number of carbonyl (C=O) groups excluding carboxylic acids is 1. The average Bonchev–Trinajstić information content (AvgIpc) is 3.04. The molecule has 0 radical (unpaired) electrons. The molecule has 2 aromatic carbocycles. The zero-order chi connectivity index (χ0) is 17.2. The molecule has 0 spiro atoms. The van der Waals surface area contributed by atoms with Gasteiger partial charge >= 0.3 is 0 Å². The molecule has 0 saturated carbocycles. The number of carbonyl (C=O) groups is 1. The Labute approximate surface area is 148 Å². The minimum atomic E-state index is 0.0189. The van der Waals surface area contributed by atoms with Crippen molar-refractivity contribution in [3.05, 3.63) is 71.3 Å². The fraction of sp³-hybridized carbons (Fsp3) is 0.381. The Bertz CT molecular complexity index is 729. The summed E-state index contributed by atoms with van der Waals surface area (Å²) >= 11 is 0. The minimum absolute atomic E-state index is 0.0189. The molecule has 0 bridgehead atoms. The normalized spacial score (nSPS) is 26.2. The van der Waals surface area contributed by atoms with Crippen LogP contribution in [0.25, 0.3) is 0 Å². The van der Waals surface area contributed by atoms with Crippen LogP contribution in [0.4, 0.5) is 0 Å². The van der Waals surface area contributed by atoms with E-state index in [0.29, 0.717) is 6.04 Å². The molecular weight excluding hydrogens is 312 g/mol. The van der Waals surface area contributed by atoms with Crippen molar-refractivity contribution in [3.63, 3.8) is 0 Å². The second-order valence-corrected chi connectivity index (χ2v) is 7.11.